The van der Waals surface area contributed by atoms with E-state index in [1.54, 1.807) is 0 Å². The molecule has 0 aliphatic heterocycles. The Hall–Kier alpha value is -3.74. The van der Waals surface area contributed by atoms with Crippen LogP contribution < -0.4 is 10.9 Å². The molecule has 0 saturated heterocycles. The molecule has 0 aliphatic rings. The summed E-state index contributed by atoms with van der Waals surface area (Å²) in [7, 11) is 0. The van der Waals surface area contributed by atoms with Crippen LogP contribution in [-0.2, 0) is 6.54 Å². The summed E-state index contributed by atoms with van der Waals surface area (Å²) in [6.45, 7) is 4.34. The summed E-state index contributed by atoms with van der Waals surface area (Å²) in [6, 6.07) is 19.8. The van der Waals surface area contributed by atoms with Crippen molar-refractivity contribution in [1.82, 2.24) is 25.1 Å². The van der Waals surface area contributed by atoms with Crippen molar-refractivity contribution in [2.75, 3.05) is 0 Å². The minimum absolute atomic E-state index is 0.102. The van der Waals surface area contributed by atoms with Crippen molar-refractivity contribution < 1.29 is 4.79 Å². The number of aromatic amines is 1. The largest absolute Gasteiger partial charge is 0.340 e. The second kappa shape index (κ2) is 8.32. The molecule has 0 fully saturated rings. The zero-order chi connectivity index (χ0) is 21.1. The fraction of sp³-hybridized carbons (Fsp3) is 0.217. The standard InChI is InChI=1S/C23H23N5O2/c1-15(2)21(22-24-17-10-6-7-11-18(17)25-22)26-23(30)19-12-13-20(29)28(27-19)14-16-8-4-3-5-9-16/h3-13,15,21H,14H2,1-2H3,(H,24,25)(H,26,30). The van der Waals surface area contributed by atoms with Crippen molar-refractivity contribution in [3.05, 3.63) is 94.2 Å². The van der Waals surface area contributed by atoms with Crippen LogP contribution in [0.25, 0.3) is 11.0 Å². The molecule has 7 nitrogen and oxygen atoms in total. The highest BCUT2D eigenvalue weighted by atomic mass is 16.2. The van der Waals surface area contributed by atoms with Crippen molar-refractivity contribution in [3.8, 4) is 0 Å². The Balaban J connectivity index is 1.58. The quantitative estimate of drug-likeness (QED) is 0.518. The molecular formula is C23H23N5O2. The number of para-hydroxylation sites is 2. The molecule has 1 unspecified atom stereocenters. The third kappa shape index (κ3) is 4.15. The van der Waals surface area contributed by atoms with Gasteiger partial charge in [0.05, 0.1) is 23.6 Å². The lowest BCUT2D eigenvalue weighted by atomic mass is 10.0. The molecule has 152 valence electrons. The molecule has 2 heterocycles. The number of imidazole rings is 1. The maximum absolute atomic E-state index is 12.9. The molecule has 4 aromatic rings. The zero-order valence-corrected chi connectivity index (χ0v) is 16.9. The fourth-order valence-corrected chi connectivity index (χ4v) is 3.33. The summed E-state index contributed by atoms with van der Waals surface area (Å²) in [6.07, 6.45) is 0. The smallest absolute Gasteiger partial charge is 0.272 e. The Morgan fingerprint density at radius 1 is 1.03 bits per heavy atom. The van der Waals surface area contributed by atoms with Crippen LogP contribution in [0.4, 0.5) is 0 Å². The van der Waals surface area contributed by atoms with E-state index < -0.39 is 0 Å². The number of carbonyl (C=O) groups excluding carboxylic acids is 1. The van der Waals surface area contributed by atoms with Crippen molar-refractivity contribution in [3.63, 3.8) is 0 Å². The number of hydrogen-bond acceptors (Lipinski definition) is 4. The number of hydrogen-bond donors (Lipinski definition) is 2. The number of carbonyl (C=O) groups is 1. The summed E-state index contributed by atoms with van der Waals surface area (Å²) >= 11 is 0. The molecule has 4 rings (SSSR count). The van der Waals surface area contributed by atoms with Gasteiger partial charge in [0, 0.05) is 6.07 Å². The number of amides is 1. The lowest BCUT2D eigenvalue weighted by Crippen LogP contribution is -2.35. The first kappa shape index (κ1) is 19.6. The van der Waals surface area contributed by atoms with Crippen LogP contribution in [0.15, 0.2) is 71.5 Å². The summed E-state index contributed by atoms with van der Waals surface area (Å²) in [5.41, 5.74) is 2.64. The average Bonchev–Trinajstić information content (AvgIpc) is 3.17. The molecule has 0 saturated carbocycles. The van der Waals surface area contributed by atoms with Crippen LogP contribution >= 0.6 is 0 Å². The first-order chi connectivity index (χ1) is 14.5. The second-order valence-electron chi connectivity index (χ2n) is 7.53. The highest BCUT2D eigenvalue weighted by Gasteiger charge is 2.23. The number of rotatable bonds is 6. The van der Waals surface area contributed by atoms with Crippen LogP contribution in [0.5, 0.6) is 0 Å². The highest BCUT2D eigenvalue weighted by molar-refractivity contribution is 5.92. The van der Waals surface area contributed by atoms with Gasteiger partial charge in [-0.2, -0.15) is 5.10 Å². The third-order valence-electron chi connectivity index (χ3n) is 4.93. The van der Waals surface area contributed by atoms with Crippen molar-refractivity contribution in [2.24, 2.45) is 5.92 Å². The average molecular weight is 401 g/mol. The molecule has 1 atom stereocenters. The van der Waals surface area contributed by atoms with Crippen LogP contribution in [0.3, 0.4) is 0 Å². The predicted octanol–water partition coefficient (Wildman–Crippen LogP) is 3.30. The number of nitrogens with zero attached hydrogens (tertiary/aromatic N) is 3. The van der Waals surface area contributed by atoms with Gasteiger partial charge < -0.3 is 10.3 Å². The van der Waals surface area contributed by atoms with E-state index in [1.165, 1.54) is 16.8 Å². The number of fused-ring (bicyclic) bond motifs is 1. The van der Waals surface area contributed by atoms with Gasteiger partial charge in [-0.15, -0.1) is 0 Å². The van der Waals surface area contributed by atoms with Gasteiger partial charge in [0.25, 0.3) is 11.5 Å². The van der Waals surface area contributed by atoms with E-state index in [-0.39, 0.29) is 29.1 Å². The van der Waals surface area contributed by atoms with E-state index in [0.717, 1.165) is 16.6 Å². The van der Waals surface area contributed by atoms with Crippen molar-refractivity contribution in [2.45, 2.75) is 26.4 Å². The van der Waals surface area contributed by atoms with Gasteiger partial charge in [-0.25, -0.2) is 9.67 Å². The van der Waals surface area contributed by atoms with E-state index in [4.69, 9.17) is 0 Å². The number of aromatic nitrogens is 4. The molecule has 7 heteroatoms. The summed E-state index contributed by atoms with van der Waals surface area (Å²) in [5.74, 6) is 0.442. The molecule has 2 aromatic heterocycles. The minimum atomic E-state index is -0.351. The monoisotopic (exact) mass is 401 g/mol. The Bertz CT molecular complexity index is 1190. The lowest BCUT2D eigenvalue weighted by molar-refractivity contribution is 0.0915. The Labute approximate surface area is 173 Å². The molecule has 0 aliphatic carbocycles. The Morgan fingerprint density at radius 3 is 2.50 bits per heavy atom. The molecule has 0 bridgehead atoms. The van der Waals surface area contributed by atoms with Crippen LogP contribution in [0, 0.1) is 5.92 Å². The molecule has 0 spiro atoms. The molecular weight excluding hydrogens is 378 g/mol. The van der Waals surface area contributed by atoms with E-state index in [1.807, 2.05) is 68.4 Å². The van der Waals surface area contributed by atoms with E-state index in [2.05, 4.69) is 20.4 Å². The van der Waals surface area contributed by atoms with Crippen LogP contribution in [-0.4, -0.2) is 25.7 Å². The van der Waals surface area contributed by atoms with Gasteiger partial charge in [-0.3, -0.25) is 9.59 Å². The molecule has 2 N–H and O–H groups in total. The van der Waals surface area contributed by atoms with Crippen molar-refractivity contribution in [1.29, 1.82) is 0 Å². The predicted molar refractivity (Wildman–Crippen MR) is 115 cm³/mol. The van der Waals surface area contributed by atoms with Gasteiger partial charge in [-0.05, 0) is 29.7 Å². The van der Waals surface area contributed by atoms with Crippen molar-refractivity contribution >= 4 is 16.9 Å². The SMILES string of the molecule is CC(C)C(NC(=O)c1ccc(=O)n(Cc2ccccc2)n1)c1nc2ccccc2[nH]1. The van der Waals surface area contributed by atoms with Gasteiger partial charge >= 0.3 is 0 Å². The van der Waals surface area contributed by atoms with Crippen LogP contribution in [0.1, 0.15) is 41.8 Å². The summed E-state index contributed by atoms with van der Waals surface area (Å²) in [4.78, 5) is 33.0. The molecule has 0 radical (unpaired) electrons. The van der Waals surface area contributed by atoms with Gasteiger partial charge in [-0.1, -0.05) is 56.3 Å². The van der Waals surface area contributed by atoms with Gasteiger partial charge in [0.1, 0.15) is 11.5 Å². The second-order valence-corrected chi connectivity index (χ2v) is 7.53. The number of nitrogens with one attached hydrogen (secondary N) is 2. The molecule has 1 amide bonds. The first-order valence-corrected chi connectivity index (χ1v) is 9.89. The maximum atomic E-state index is 12.9. The van der Waals surface area contributed by atoms with Gasteiger partial charge in [0.15, 0.2) is 0 Å². The normalized spacial score (nSPS) is 12.2. The Morgan fingerprint density at radius 2 is 1.77 bits per heavy atom. The lowest BCUT2D eigenvalue weighted by Gasteiger charge is -2.20. The Kier molecular flexibility index (Phi) is 5.43. The molecule has 2 aromatic carbocycles. The van der Waals surface area contributed by atoms with E-state index >= 15 is 0 Å². The highest BCUT2D eigenvalue weighted by Crippen LogP contribution is 2.22. The van der Waals surface area contributed by atoms with E-state index in [9.17, 15) is 9.59 Å². The number of benzene rings is 2. The maximum Gasteiger partial charge on any atom is 0.272 e. The zero-order valence-electron chi connectivity index (χ0n) is 16.9. The number of H-pyrrole nitrogens is 1. The fourth-order valence-electron chi connectivity index (χ4n) is 3.33. The summed E-state index contributed by atoms with van der Waals surface area (Å²) in [5, 5.41) is 7.29. The van der Waals surface area contributed by atoms with Crippen LogP contribution in [0.2, 0.25) is 0 Å². The van der Waals surface area contributed by atoms with Gasteiger partial charge in [0.2, 0.25) is 0 Å². The summed E-state index contributed by atoms with van der Waals surface area (Å²) < 4.78 is 1.30. The third-order valence-corrected chi connectivity index (χ3v) is 4.93. The molecule has 30 heavy (non-hydrogen) atoms. The first-order valence-electron chi connectivity index (χ1n) is 9.89. The minimum Gasteiger partial charge on any atom is -0.340 e. The topological polar surface area (TPSA) is 92.7 Å². The van der Waals surface area contributed by atoms with E-state index in [0.29, 0.717) is 12.4 Å².